The molecule has 7 heteroatoms. The van der Waals surface area contributed by atoms with Crippen molar-refractivity contribution in [3.63, 3.8) is 0 Å². The summed E-state index contributed by atoms with van der Waals surface area (Å²) in [7, 11) is 0. The van der Waals surface area contributed by atoms with Crippen LogP contribution in [0.2, 0.25) is 0 Å². The molecule has 1 aromatic rings. The first-order valence-electron chi connectivity index (χ1n) is 8.33. The second kappa shape index (κ2) is 7.23. The van der Waals surface area contributed by atoms with Crippen molar-refractivity contribution in [2.45, 2.75) is 46.0 Å². The van der Waals surface area contributed by atoms with Gasteiger partial charge in [-0.3, -0.25) is 4.90 Å². The smallest absolute Gasteiger partial charge is 0.416 e. The molecule has 0 radical (unpaired) electrons. The van der Waals surface area contributed by atoms with Crippen LogP contribution in [0.25, 0.3) is 0 Å². The molecule has 1 aromatic carbocycles. The van der Waals surface area contributed by atoms with Gasteiger partial charge in [0.15, 0.2) is 0 Å². The van der Waals surface area contributed by atoms with Crippen molar-refractivity contribution in [3.8, 4) is 0 Å². The molecule has 0 aliphatic carbocycles. The highest BCUT2D eigenvalue weighted by Crippen LogP contribution is 2.30. The minimum atomic E-state index is -4.32. The van der Waals surface area contributed by atoms with Crippen LogP contribution in [0.15, 0.2) is 18.2 Å². The molecule has 1 saturated heterocycles. The van der Waals surface area contributed by atoms with Gasteiger partial charge in [0.1, 0.15) is 5.60 Å². The van der Waals surface area contributed by atoms with E-state index in [2.05, 4.69) is 4.90 Å². The Morgan fingerprint density at radius 1 is 1.12 bits per heavy atom. The van der Waals surface area contributed by atoms with Crippen LogP contribution in [0.5, 0.6) is 0 Å². The van der Waals surface area contributed by atoms with E-state index < -0.39 is 17.3 Å². The van der Waals surface area contributed by atoms with Crippen molar-refractivity contribution >= 4 is 6.09 Å². The quantitative estimate of drug-likeness (QED) is 0.799. The molecular formula is C18H25F3N2O2. The Labute approximate surface area is 146 Å². The third-order valence-corrected chi connectivity index (χ3v) is 4.09. The molecule has 1 aliphatic heterocycles. The van der Waals surface area contributed by atoms with Crippen LogP contribution >= 0.6 is 0 Å². The van der Waals surface area contributed by atoms with Gasteiger partial charge in [0.2, 0.25) is 0 Å². The highest BCUT2D eigenvalue weighted by Gasteiger charge is 2.31. The lowest BCUT2D eigenvalue weighted by Gasteiger charge is -2.35. The Balaban J connectivity index is 1.91. The Hall–Kier alpha value is -1.76. The second-order valence-electron chi connectivity index (χ2n) is 7.38. The number of hydrogen-bond donors (Lipinski definition) is 0. The summed E-state index contributed by atoms with van der Waals surface area (Å²) >= 11 is 0. The monoisotopic (exact) mass is 358 g/mol. The van der Waals surface area contributed by atoms with Gasteiger partial charge in [0.05, 0.1) is 5.56 Å². The van der Waals surface area contributed by atoms with Crippen molar-refractivity contribution in [3.05, 3.63) is 34.9 Å². The Morgan fingerprint density at radius 2 is 1.72 bits per heavy atom. The van der Waals surface area contributed by atoms with E-state index in [1.807, 2.05) is 20.8 Å². The number of halogens is 3. The first kappa shape index (κ1) is 19.6. The first-order valence-corrected chi connectivity index (χ1v) is 8.33. The van der Waals surface area contributed by atoms with E-state index in [1.165, 1.54) is 6.07 Å². The molecule has 4 nitrogen and oxygen atoms in total. The molecule has 1 fully saturated rings. The predicted octanol–water partition coefficient (Wildman–Crippen LogP) is 4.07. The molecule has 0 atom stereocenters. The molecule has 1 aliphatic rings. The Bertz CT molecular complexity index is 616. The molecule has 1 heterocycles. The van der Waals surface area contributed by atoms with E-state index in [0.29, 0.717) is 38.3 Å². The minimum Gasteiger partial charge on any atom is -0.444 e. The van der Waals surface area contributed by atoms with Crippen LogP contribution in [0.3, 0.4) is 0 Å². The topological polar surface area (TPSA) is 32.8 Å². The number of amides is 1. The highest BCUT2D eigenvalue weighted by molar-refractivity contribution is 5.68. The largest absolute Gasteiger partial charge is 0.444 e. The maximum atomic E-state index is 12.7. The van der Waals surface area contributed by atoms with Gasteiger partial charge >= 0.3 is 12.3 Å². The van der Waals surface area contributed by atoms with Crippen LogP contribution < -0.4 is 0 Å². The average Bonchev–Trinajstić information content (AvgIpc) is 2.47. The highest BCUT2D eigenvalue weighted by atomic mass is 19.4. The third kappa shape index (κ3) is 5.63. The number of nitrogens with zero attached hydrogens (tertiary/aromatic N) is 2. The van der Waals surface area contributed by atoms with E-state index in [9.17, 15) is 18.0 Å². The maximum absolute atomic E-state index is 12.7. The zero-order valence-corrected chi connectivity index (χ0v) is 15.1. The van der Waals surface area contributed by atoms with E-state index in [-0.39, 0.29) is 6.09 Å². The normalized spacial score (nSPS) is 16.8. The van der Waals surface area contributed by atoms with E-state index >= 15 is 0 Å². The summed E-state index contributed by atoms with van der Waals surface area (Å²) in [5.41, 5.74) is 0.359. The first-order chi connectivity index (χ1) is 11.5. The van der Waals surface area contributed by atoms with Crippen LogP contribution in [-0.4, -0.2) is 47.7 Å². The van der Waals surface area contributed by atoms with Gasteiger partial charge in [0.25, 0.3) is 0 Å². The minimum absolute atomic E-state index is 0.321. The molecule has 25 heavy (non-hydrogen) atoms. The summed E-state index contributed by atoms with van der Waals surface area (Å²) in [6.45, 7) is 10.2. The third-order valence-electron chi connectivity index (χ3n) is 4.09. The molecule has 0 spiro atoms. The molecule has 1 amide bonds. The number of carbonyl (C=O) groups excluding carboxylic acids is 1. The fourth-order valence-corrected chi connectivity index (χ4v) is 2.71. The van der Waals surface area contributed by atoms with Gasteiger partial charge in [0, 0.05) is 32.7 Å². The van der Waals surface area contributed by atoms with E-state index in [4.69, 9.17) is 4.74 Å². The van der Waals surface area contributed by atoms with Crippen LogP contribution in [0.1, 0.15) is 37.5 Å². The SMILES string of the molecule is Cc1cc(C(F)(F)F)ccc1CN1CCN(C(=O)OC(C)(C)C)CC1. The van der Waals surface area contributed by atoms with Gasteiger partial charge in [-0.15, -0.1) is 0 Å². The van der Waals surface area contributed by atoms with Crippen molar-refractivity contribution in [2.24, 2.45) is 0 Å². The Kier molecular flexibility index (Phi) is 5.66. The molecule has 140 valence electrons. The number of hydrogen-bond acceptors (Lipinski definition) is 3. The van der Waals surface area contributed by atoms with Gasteiger partial charge < -0.3 is 9.64 Å². The number of aryl methyl sites for hydroxylation is 1. The molecule has 0 N–H and O–H groups in total. The number of piperazine rings is 1. The van der Waals surface area contributed by atoms with Gasteiger partial charge in [-0.05, 0) is 51.0 Å². The summed E-state index contributed by atoms with van der Waals surface area (Å²) in [5.74, 6) is 0. The number of rotatable bonds is 2. The van der Waals surface area contributed by atoms with Gasteiger partial charge in [-0.2, -0.15) is 13.2 Å². The molecule has 0 unspecified atom stereocenters. The van der Waals surface area contributed by atoms with Crippen molar-refractivity contribution in [1.82, 2.24) is 9.80 Å². The van der Waals surface area contributed by atoms with E-state index in [1.54, 1.807) is 17.9 Å². The lowest BCUT2D eigenvalue weighted by molar-refractivity contribution is -0.137. The molecule has 0 saturated carbocycles. The summed E-state index contributed by atoms with van der Waals surface area (Å²) in [6, 6.07) is 3.85. The molecule has 0 bridgehead atoms. The fraction of sp³-hybridized carbons (Fsp3) is 0.611. The predicted molar refractivity (Wildman–Crippen MR) is 89.3 cm³/mol. The van der Waals surface area contributed by atoms with Crippen LogP contribution in [0, 0.1) is 6.92 Å². The summed E-state index contributed by atoms with van der Waals surface area (Å²) in [5, 5.41) is 0. The number of ether oxygens (including phenoxy) is 1. The van der Waals surface area contributed by atoms with Crippen LogP contribution in [-0.2, 0) is 17.5 Å². The zero-order chi connectivity index (χ0) is 18.8. The molecule has 2 rings (SSSR count). The fourth-order valence-electron chi connectivity index (χ4n) is 2.71. The van der Waals surface area contributed by atoms with Crippen LogP contribution in [0.4, 0.5) is 18.0 Å². The number of benzene rings is 1. The standard InChI is InChI=1S/C18H25F3N2O2/c1-13-11-15(18(19,20)21)6-5-14(13)12-22-7-9-23(10-8-22)16(24)25-17(2,3)4/h5-6,11H,7-10,12H2,1-4H3. The summed E-state index contributed by atoms with van der Waals surface area (Å²) in [4.78, 5) is 15.8. The van der Waals surface area contributed by atoms with Gasteiger partial charge in [-0.25, -0.2) is 4.79 Å². The summed E-state index contributed by atoms with van der Waals surface area (Å²) in [6.07, 6.45) is -4.64. The number of carbonyl (C=O) groups is 1. The average molecular weight is 358 g/mol. The second-order valence-corrected chi connectivity index (χ2v) is 7.38. The lowest BCUT2D eigenvalue weighted by atomic mass is 10.0. The maximum Gasteiger partial charge on any atom is 0.416 e. The van der Waals surface area contributed by atoms with E-state index in [0.717, 1.165) is 11.6 Å². The zero-order valence-electron chi connectivity index (χ0n) is 15.1. The van der Waals surface area contributed by atoms with Crippen molar-refractivity contribution in [2.75, 3.05) is 26.2 Å². The number of alkyl halides is 3. The molecule has 0 aromatic heterocycles. The van der Waals surface area contributed by atoms with Crippen molar-refractivity contribution in [1.29, 1.82) is 0 Å². The molecular weight excluding hydrogens is 333 g/mol. The Morgan fingerprint density at radius 3 is 2.20 bits per heavy atom. The van der Waals surface area contributed by atoms with Gasteiger partial charge in [-0.1, -0.05) is 6.07 Å². The van der Waals surface area contributed by atoms with Crippen molar-refractivity contribution < 1.29 is 22.7 Å². The summed E-state index contributed by atoms with van der Waals surface area (Å²) < 4.78 is 43.6. The lowest BCUT2D eigenvalue weighted by Crippen LogP contribution is -2.49.